The van der Waals surface area contributed by atoms with Crippen LogP contribution in [0.4, 0.5) is 14.5 Å². The summed E-state index contributed by atoms with van der Waals surface area (Å²) in [6, 6.07) is 6.55. The highest BCUT2D eigenvalue weighted by Gasteiger charge is 2.14. The zero-order chi connectivity index (χ0) is 13.5. The maximum atomic E-state index is 12.0. The SMILES string of the molecule is FC(F)Oc1ccc(NCCCC2CCCO2)cc1. The predicted molar refractivity (Wildman–Crippen MR) is 69.8 cm³/mol. The summed E-state index contributed by atoms with van der Waals surface area (Å²) in [6.07, 6.45) is 4.87. The molecule has 1 heterocycles. The molecular weight excluding hydrogens is 252 g/mol. The quantitative estimate of drug-likeness (QED) is 0.768. The number of hydrogen-bond acceptors (Lipinski definition) is 3. The van der Waals surface area contributed by atoms with Gasteiger partial charge in [0.1, 0.15) is 5.75 Å². The molecule has 1 aromatic rings. The van der Waals surface area contributed by atoms with Crippen LogP contribution >= 0.6 is 0 Å². The summed E-state index contributed by atoms with van der Waals surface area (Å²) in [5.41, 5.74) is 0.911. The van der Waals surface area contributed by atoms with Crippen LogP contribution in [0.2, 0.25) is 0 Å². The molecule has 1 atom stereocenters. The van der Waals surface area contributed by atoms with Crippen LogP contribution in [0.15, 0.2) is 24.3 Å². The lowest BCUT2D eigenvalue weighted by Gasteiger charge is -2.11. The van der Waals surface area contributed by atoms with Crippen LogP contribution in [0.3, 0.4) is 0 Å². The number of benzene rings is 1. The van der Waals surface area contributed by atoms with Crippen molar-refractivity contribution in [2.75, 3.05) is 18.5 Å². The van der Waals surface area contributed by atoms with Gasteiger partial charge in [-0.15, -0.1) is 0 Å². The van der Waals surface area contributed by atoms with Crippen molar-refractivity contribution in [3.05, 3.63) is 24.3 Å². The maximum absolute atomic E-state index is 12.0. The van der Waals surface area contributed by atoms with Gasteiger partial charge in [-0.3, -0.25) is 0 Å². The highest BCUT2D eigenvalue weighted by molar-refractivity contribution is 5.46. The Hall–Kier alpha value is -1.36. The van der Waals surface area contributed by atoms with Gasteiger partial charge in [0.2, 0.25) is 0 Å². The Balaban J connectivity index is 1.65. The van der Waals surface area contributed by atoms with E-state index in [2.05, 4.69) is 10.1 Å². The second kappa shape index (κ2) is 7.28. The van der Waals surface area contributed by atoms with Gasteiger partial charge in [0.05, 0.1) is 6.10 Å². The van der Waals surface area contributed by atoms with Crippen LogP contribution in [0, 0.1) is 0 Å². The molecule has 2 rings (SSSR count). The lowest BCUT2D eigenvalue weighted by Crippen LogP contribution is -2.09. The molecule has 5 heteroatoms. The van der Waals surface area contributed by atoms with Crippen molar-refractivity contribution in [2.45, 2.75) is 38.4 Å². The third-order valence-electron chi connectivity index (χ3n) is 3.14. The summed E-state index contributed by atoms with van der Waals surface area (Å²) in [6.45, 7) is -1.02. The summed E-state index contributed by atoms with van der Waals surface area (Å²) in [5, 5.41) is 3.25. The van der Waals surface area contributed by atoms with Gasteiger partial charge < -0.3 is 14.8 Å². The molecule has 1 saturated heterocycles. The van der Waals surface area contributed by atoms with Crippen molar-refractivity contribution in [2.24, 2.45) is 0 Å². The first-order chi connectivity index (χ1) is 9.24. The van der Waals surface area contributed by atoms with E-state index in [4.69, 9.17) is 4.74 Å². The Morgan fingerprint density at radius 3 is 2.74 bits per heavy atom. The van der Waals surface area contributed by atoms with E-state index < -0.39 is 6.61 Å². The van der Waals surface area contributed by atoms with Crippen molar-refractivity contribution in [1.29, 1.82) is 0 Å². The first-order valence-corrected chi connectivity index (χ1v) is 6.64. The normalized spacial score (nSPS) is 18.8. The molecule has 0 bridgehead atoms. The van der Waals surface area contributed by atoms with Gasteiger partial charge in [-0.1, -0.05) is 0 Å². The Morgan fingerprint density at radius 2 is 2.11 bits per heavy atom. The van der Waals surface area contributed by atoms with Crippen molar-refractivity contribution < 1.29 is 18.3 Å². The van der Waals surface area contributed by atoms with E-state index in [0.29, 0.717) is 6.10 Å². The van der Waals surface area contributed by atoms with Crippen LogP contribution < -0.4 is 10.1 Å². The topological polar surface area (TPSA) is 30.5 Å². The molecule has 0 amide bonds. The molecule has 0 radical (unpaired) electrons. The highest BCUT2D eigenvalue weighted by Crippen LogP contribution is 2.19. The smallest absolute Gasteiger partial charge is 0.387 e. The third kappa shape index (κ3) is 5.03. The molecule has 0 aliphatic carbocycles. The second-order valence-electron chi connectivity index (χ2n) is 4.61. The summed E-state index contributed by atoms with van der Waals surface area (Å²) in [4.78, 5) is 0. The number of anilines is 1. The van der Waals surface area contributed by atoms with Gasteiger partial charge in [0.25, 0.3) is 0 Å². The fourth-order valence-electron chi connectivity index (χ4n) is 2.19. The van der Waals surface area contributed by atoms with E-state index in [1.165, 1.54) is 25.0 Å². The summed E-state index contributed by atoms with van der Waals surface area (Å²) in [5.74, 6) is 0.180. The third-order valence-corrected chi connectivity index (χ3v) is 3.14. The molecule has 1 N–H and O–H groups in total. The number of alkyl halides is 2. The van der Waals surface area contributed by atoms with E-state index >= 15 is 0 Å². The molecule has 1 aliphatic rings. The van der Waals surface area contributed by atoms with Gasteiger partial charge in [-0.2, -0.15) is 8.78 Å². The predicted octanol–water partition coefficient (Wildman–Crippen LogP) is 3.66. The van der Waals surface area contributed by atoms with E-state index in [1.54, 1.807) is 12.1 Å². The van der Waals surface area contributed by atoms with E-state index in [1.807, 2.05) is 0 Å². The fourth-order valence-corrected chi connectivity index (χ4v) is 2.19. The Labute approximate surface area is 111 Å². The Morgan fingerprint density at radius 1 is 1.32 bits per heavy atom. The number of ether oxygens (including phenoxy) is 2. The van der Waals surface area contributed by atoms with Crippen molar-refractivity contribution >= 4 is 5.69 Å². The van der Waals surface area contributed by atoms with Gasteiger partial charge >= 0.3 is 6.61 Å². The van der Waals surface area contributed by atoms with Crippen LogP contribution in [0.5, 0.6) is 5.75 Å². The zero-order valence-corrected chi connectivity index (χ0v) is 10.8. The van der Waals surface area contributed by atoms with Crippen molar-refractivity contribution in [1.82, 2.24) is 0 Å². The van der Waals surface area contributed by atoms with E-state index in [0.717, 1.165) is 31.7 Å². The van der Waals surface area contributed by atoms with Gasteiger partial charge in [-0.05, 0) is 49.9 Å². The lowest BCUT2D eigenvalue weighted by atomic mass is 10.1. The molecule has 19 heavy (non-hydrogen) atoms. The average Bonchev–Trinajstić information content (AvgIpc) is 2.89. The molecule has 0 saturated carbocycles. The minimum atomic E-state index is -2.77. The minimum Gasteiger partial charge on any atom is -0.435 e. The number of halogens is 2. The number of rotatable bonds is 7. The first-order valence-electron chi connectivity index (χ1n) is 6.64. The van der Waals surface area contributed by atoms with Gasteiger partial charge in [-0.25, -0.2) is 0 Å². The van der Waals surface area contributed by atoms with Crippen LogP contribution in [0.1, 0.15) is 25.7 Å². The molecule has 1 fully saturated rings. The van der Waals surface area contributed by atoms with Crippen molar-refractivity contribution in [3.63, 3.8) is 0 Å². The van der Waals surface area contributed by atoms with E-state index in [-0.39, 0.29) is 5.75 Å². The summed E-state index contributed by atoms with van der Waals surface area (Å²) >= 11 is 0. The molecule has 1 aromatic carbocycles. The minimum absolute atomic E-state index is 0.180. The molecule has 3 nitrogen and oxygen atoms in total. The number of nitrogens with one attached hydrogen (secondary N) is 1. The zero-order valence-electron chi connectivity index (χ0n) is 10.8. The van der Waals surface area contributed by atoms with Crippen LogP contribution in [0.25, 0.3) is 0 Å². The first kappa shape index (κ1) is 14.1. The van der Waals surface area contributed by atoms with Crippen molar-refractivity contribution in [3.8, 4) is 5.75 Å². The molecule has 1 aliphatic heterocycles. The summed E-state index contributed by atoms with van der Waals surface area (Å²) < 4.78 is 33.8. The average molecular weight is 271 g/mol. The van der Waals surface area contributed by atoms with E-state index in [9.17, 15) is 8.78 Å². The maximum Gasteiger partial charge on any atom is 0.387 e. The number of hydrogen-bond donors (Lipinski definition) is 1. The lowest BCUT2D eigenvalue weighted by molar-refractivity contribution is -0.0498. The van der Waals surface area contributed by atoms with Crippen LogP contribution in [-0.4, -0.2) is 25.9 Å². The largest absolute Gasteiger partial charge is 0.435 e. The van der Waals surface area contributed by atoms with Gasteiger partial charge in [0, 0.05) is 18.8 Å². The molecule has 106 valence electrons. The molecule has 0 aromatic heterocycles. The highest BCUT2D eigenvalue weighted by atomic mass is 19.3. The molecule has 0 spiro atoms. The fraction of sp³-hybridized carbons (Fsp3) is 0.571. The summed E-state index contributed by atoms with van der Waals surface area (Å²) in [7, 11) is 0. The Kier molecular flexibility index (Phi) is 5.39. The Bertz CT molecular complexity index is 364. The van der Waals surface area contributed by atoms with Crippen LogP contribution in [-0.2, 0) is 4.74 Å². The standard InChI is InChI=1S/C14H19F2NO2/c15-14(16)19-13-7-5-11(6-8-13)17-9-1-3-12-4-2-10-18-12/h5-8,12,14,17H,1-4,9-10H2. The molecule has 1 unspecified atom stereocenters. The molecular formula is C14H19F2NO2. The second-order valence-corrected chi connectivity index (χ2v) is 4.61. The van der Waals surface area contributed by atoms with Gasteiger partial charge in [0.15, 0.2) is 0 Å². The monoisotopic (exact) mass is 271 g/mol.